The predicted molar refractivity (Wildman–Crippen MR) is 73.0 cm³/mol. The molecule has 0 amide bonds. The summed E-state index contributed by atoms with van der Waals surface area (Å²) in [6.07, 6.45) is 1.09. The van der Waals surface area contributed by atoms with Gasteiger partial charge in [0.25, 0.3) is 0 Å². The zero-order valence-electron chi connectivity index (χ0n) is 11.7. The fourth-order valence-electron chi connectivity index (χ4n) is 1.91. The van der Waals surface area contributed by atoms with E-state index in [9.17, 15) is 0 Å². The van der Waals surface area contributed by atoms with Crippen LogP contribution in [0.4, 0.5) is 0 Å². The highest BCUT2D eigenvalue weighted by Crippen LogP contribution is 2.26. The largest absolute Gasteiger partial charge is 0.377 e. The number of hydrogen-bond donors (Lipinski definition) is 1. The molecule has 0 spiro atoms. The van der Waals surface area contributed by atoms with Gasteiger partial charge in [0, 0.05) is 7.11 Å². The molecule has 0 aromatic heterocycles. The standard InChI is InChI=1S/C15H25NO/c1-11(2)9-12-7-6-8-13(10-12)14(16)15(3,4)17-5/h6-8,10-11,14H,9,16H2,1-5H3. The van der Waals surface area contributed by atoms with Crippen LogP contribution in [0.5, 0.6) is 0 Å². The first-order valence-corrected chi connectivity index (χ1v) is 6.26. The van der Waals surface area contributed by atoms with Crippen LogP contribution in [0.3, 0.4) is 0 Å². The Balaban J connectivity index is 2.91. The van der Waals surface area contributed by atoms with E-state index in [1.807, 2.05) is 13.8 Å². The molecule has 1 atom stereocenters. The van der Waals surface area contributed by atoms with Crippen LogP contribution in [0, 0.1) is 5.92 Å². The lowest BCUT2D eigenvalue weighted by Crippen LogP contribution is -2.37. The number of benzene rings is 1. The Bertz CT molecular complexity index is 358. The second kappa shape index (κ2) is 5.65. The molecule has 0 saturated carbocycles. The molecular formula is C15H25NO. The quantitative estimate of drug-likeness (QED) is 0.849. The van der Waals surface area contributed by atoms with E-state index < -0.39 is 0 Å². The molecule has 1 aromatic carbocycles. The summed E-state index contributed by atoms with van der Waals surface area (Å²) in [5.41, 5.74) is 8.42. The topological polar surface area (TPSA) is 35.2 Å². The molecule has 0 saturated heterocycles. The normalized spacial score (nSPS) is 14.1. The maximum absolute atomic E-state index is 6.26. The molecule has 0 radical (unpaired) electrons. The average molecular weight is 235 g/mol. The van der Waals surface area contributed by atoms with Gasteiger partial charge in [0.2, 0.25) is 0 Å². The van der Waals surface area contributed by atoms with Crippen molar-refractivity contribution in [3.8, 4) is 0 Å². The average Bonchev–Trinajstić information content (AvgIpc) is 2.27. The molecular weight excluding hydrogens is 210 g/mol. The van der Waals surface area contributed by atoms with Crippen molar-refractivity contribution in [2.45, 2.75) is 45.8 Å². The highest BCUT2D eigenvalue weighted by molar-refractivity contribution is 5.27. The number of methoxy groups -OCH3 is 1. The summed E-state index contributed by atoms with van der Waals surface area (Å²) in [4.78, 5) is 0. The van der Waals surface area contributed by atoms with Gasteiger partial charge in [0.15, 0.2) is 0 Å². The lowest BCUT2D eigenvalue weighted by atomic mass is 9.90. The second-order valence-corrected chi connectivity index (χ2v) is 5.63. The zero-order valence-corrected chi connectivity index (χ0v) is 11.7. The molecule has 2 heteroatoms. The summed E-state index contributed by atoms with van der Waals surface area (Å²) in [5, 5.41) is 0. The maximum Gasteiger partial charge on any atom is 0.0814 e. The van der Waals surface area contributed by atoms with Gasteiger partial charge in [-0.25, -0.2) is 0 Å². The van der Waals surface area contributed by atoms with Gasteiger partial charge in [0.1, 0.15) is 0 Å². The fourth-order valence-corrected chi connectivity index (χ4v) is 1.91. The van der Waals surface area contributed by atoms with Crippen molar-refractivity contribution in [2.24, 2.45) is 11.7 Å². The van der Waals surface area contributed by atoms with Gasteiger partial charge in [-0.1, -0.05) is 38.1 Å². The third kappa shape index (κ3) is 3.83. The van der Waals surface area contributed by atoms with Crippen molar-refractivity contribution in [1.29, 1.82) is 0 Å². The summed E-state index contributed by atoms with van der Waals surface area (Å²) < 4.78 is 5.45. The summed E-state index contributed by atoms with van der Waals surface area (Å²) in [5.74, 6) is 0.664. The summed E-state index contributed by atoms with van der Waals surface area (Å²) in [6, 6.07) is 8.43. The molecule has 1 rings (SSSR count). The van der Waals surface area contributed by atoms with Crippen LogP contribution in [0.2, 0.25) is 0 Å². The molecule has 0 heterocycles. The minimum Gasteiger partial charge on any atom is -0.377 e. The number of nitrogens with two attached hydrogens (primary N) is 1. The summed E-state index contributed by atoms with van der Waals surface area (Å²) in [6.45, 7) is 8.50. The highest BCUT2D eigenvalue weighted by Gasteiger charge is 2.27. The van der Waals surface area contributed by atoms with E-state index in [-0.39, 0.29) is 11.6 Å². The van der Waals surface area contributed by atoms with Gasteiger partial charge in [-0.15, -0.1) is 0 Å². The second-order valence-electron chi connectivity index (χ2n) is 5.63. The van der Waals surface area contributed by atoms with Crippen LogP contribution in [0.1, 0.15) is 44.9 Å². The van der Waals surface area contributed by atoms with Gasteiger partial charge in [-0.05, 0) is 37.3 Å². The zero-order chi connectivity index (χ0) is 13.1. The van der Waals surface area contributed by atoms with Gasteiger partial charge < -0.3 is 10.5 Å². The first-order chi connectivity index (χ1) is 7.86. The Morgan fingerprint density at radius 2 is 1.94 bits per heavy atom. The Hall–Kier alpha value is -0.860. The van der Waals surface area contributed by atoms with Crippen molar-refractivity contribution in [3.05, 3.63) is 35.4 Å². The summed E-state index contributed by atoms with van der Waals surface area (Å²) in [7, 11) is 1.71. The molecule has 0 aliphatic heterocycles. The molecule has 1 unspecified atom stereocenters. The molecule has 0 aliphatic carbocycles. The monoisotopic (exact) mass is 235 g/mol. The fraction of sp³-hybridized carbons (Fsp3) is 0.600. The third-order valence-electron chi connectivity index (χ3n) is 3.23. The Morgan fingerprint density at radius 1 is 1.29 bits per heavy atom. The third-order valence-corrected chi connectivity index (χ3v) is 3.23. The van der Waals surface area contributed by atoms with Crippen LogP contribution in [0.25, 0.3) is 0 Å². The van der Waals surface area contributed by atoms with E-state index in [0.29, 0.717) is 5.92 Å². The lowest BCUT2D eigenvalue weighted by Gasteiger charge is -2.30. The molecule has 17 heavy (non-hydrogen) atoms. The Labute approximate surface area is 105 Å². The molecule has 96 valence electrons. The minimum atomic E-state index is -0.337. The van der Waals surface area contributed by atoms with Crippen LogP contribution < -0.4 is 5.73 Å². The molecule has 1 aromatic rings. The number of rotatable bonds is 5. The van der Waals surface area contributed by atoms with Crippen LogP contribution in [0.15, 0.2) is 24.3 Å². The highest BCUT2D eigenvalue weighted by atomic mass is 16.5. The van der Waals surface area contributed by atoms with Gasteiger partial charge in [-0.2, -0.15) is 0 Å². The minimum absolute atomic E-state index is 0.0976. The first kappa shape index (κ1) is 14.2. The molecule has 0 bridgehead atoms. The van der Waals surface area contributed by atoms with E-state index in [2.05, 4.69) is 38.1 Å². The maximum atomic E-state index is 6.26. The lowest BCUT2D eigenvalue weighted by molar-refractivity contribution is -0.0000451. The van der Waals surface area contributed by atoms with Crippen molar-refractivity contribution in [1.82, 2.24) is 0 Å². The van der Waals surface area contributed by atoms with E-state index in [1.165, 1.54) is 5.56 Å². The van der Waals surface area contributed by atoms with Crippen molar-refractivity contribution < 1.29 is 4.74 Å². The first-order valence-electron chi connectivity index (χ1n) is 6.26. The van der Waals surface area contributed by atoms with E-state index in [0.717, 1.165) is 12.0 Å². The van der Waals surface area contributed by atoms with Gasteiger partial charge in [0.05, 0.1) is 11.6 Å². The Kier molecular flexibility index (Phi) is 4.72. The molecule has 2 N–H and O–H groups in total. The number of ether oxygens (including phenoxy) is 1. The Morgan fingerprint density at radius 3 is 2.47 bits per heavy atom. The van der Waals surface area contributed by atoms with Crippen molar-refractivity contribution in [3.63, 3.8) is 0 Å². The smallest absolute Gasteiger partial charge is 0.0814 e. The van der Waals surface area contributed by atoms with Crippen LogP contribution in [-0.2, 0) is 11.2 Å². The number of hydrogen-bond acceptors (Lipinski definition) is 2. The van der Waals surface area contributed by atoms with Crippen molar-refractivity contribution >= 4 is 0 Å². The van der Waals surface area contributed by atoms with Gasteiger partial charge in [-0.3, -0.25) is 0 Å². The molecule has 2 nitrogen and oxygen atoms in total. The van der Waals surface area contributed by atoms with E-state index in [4.69, 9.17) is 10.5 Å². The molecule has 0 fully saturated rings. The van der Waals surface area contributed by atoms with E-state index >= 15 is 0 Å². The molecule has 0 aliphatic rings. The predicted octanol–water partition coefficient (Wildman–Crippen LogP) is 3.31. The van der Waals surface area contributed by atoms with Crippen molar-refractivity contribution in [2.75, 3.05) is 7.11 Å². The SMILES string of the molecule is COC(C)(C)C(N)c1cccc(CC(C)C)c1. The van der Waals surface area contributed by atoms with E-state index in [1.54, 1.807) is 7.11 Å². The van der Waals surface area contributed by atoms with Gasteiger partial charge >= 0.3 is 0 Å². The van der Waals surface area contributed by atoms with Crippen LogP contribution >= 0.6 is 0 Å². The van der Waals surface area contributed by atoms with Crippen LogP contribution in [-0.4, -0.2) is 12.7 Å². The summed E-state index contributed by atoms with van der Waals surface area (Å²) >= 11 is 0.